The average molecular weight is 208 g/mol. The highest BCUT2D eigenvalue weighted by Crippen LogP contribution is 2.32. The number of hydrogen-bond acceptors (Lipinski definition) is 0. The molecule has 0 unspecified atom stereocenters. The predicted octanol–water partition coefficient (Wildman–Crippen LogP) is 3.54. The molecule has 0 saturated carbocycles. The summed E-state index contributed by atoms with van der Waals surface area (Å²) in [5.41, 5.74) is -1.87. The largest absolute Gasteiger partial charge is 0.416 e. The Bertz CT molecular complexity index is 344. The van der Waals surface area contributed by atoms with Gasteiger partial charge in [-0.25, -0.2) is 8.78 Å². The van der Waals surface area contributed by atoms with Gasteiger partial charge in [-0.2, -0.15) is 13.2 Å². The van der Waals surface area contributed by atoms with Crippen molar-refractivity contribution in [3.05, 3.63) is 42.0 Å². The maximum Gasteiger partial charge on any atom is 0.416 e. The fourth-order valence-corrected chi connectivity index (χ4v) is 0.892. The fourth-order valence-electron chi connectivity index (χ4n) is 0.892. The molecule has 14 heavy (non-hydrogen) atoms. The molecule has 0 saturated heterocycles. The van der Waals surface area contributed by atoms with Crippen molar-refractivity contribution in [2.45, 2.75) is 6.18 Å². The summed E-state index contributed by atoms with van der Waals surface area (Å²) in [6.07, 6.45) is -4.68. The Labute approximate surface area is 76.7 Å². The first-order valence-electron chi connectivity index (χ1n) is 3.53. The zero-order valence-corrected chi connectivity index (χ0v) is 6.83. The van der Waals surface area contributed by atoms with E-state index in [0.29, 0.717) is 18.2 Å². The molecule has 0 aliphatic carbocycles. The molecular formula is C9H5F5. The van der Waals surface area contributed by atoms with E-state index in [1.807, 2.05) is 0 Å². The Hall–Kier alpha value is -1.39. The molecule has 0 heterocycles. The van der Waals surface area contributed by atoms with E-state index >= 15 is 0 Å². The molecule has 1 aromatic carbocycles. The molecule has 0 aromatic heterocycles. The van der Waals surface area contributed by atoms with E-state index in [0.717, 1.165) is 0 Å². The first-order valence-corrected chi connectivity index (χ1v) is 3.53. The molecule has 0 fully saturated rings. The summed E-state index contributed by atoms with van der Waals surface area (Å²) in [6, 6.07) is 1.66. The standard InChI is InChI=1S/C9H5F5/c1-5(9(12,13)14)6-2-7(10)4-8(11)3-6/h2-4H,1H2. The number of rotatable bonds is 1. The second-order valence-electron chi connectivity index (χ2n) is 2.63. The lowest BCUT2D eigenvalue weighted by molar-refractivity contribution is -0.0686. The Balaban J connectivity index is 3.14. The first-order chi connectivity index (χ1) is 6.30. The van der Waals surface area contributed by atoms with Crippen molar-refractivity contribution >= 4 is 5.57 Å². The van der Waals surface area contributed by atoms with Crippen molar-refractivity contribution in [3.63, 3.8) is 0 Å². The van der Waals surface area contributed by atoms with Crippen LogP contribution in [-0.2, 0) is 0 Å². The summed E-state index contributed by atoms with van der Waals surface area (Å²) in [6.45, 7) is 2.72. The van der Waals surface area contributed by atoms with Crippen molar-refractivity contribution in [1.82, 2.24) is 0 Å². The second kappa shape index (κ2) is 3.40. The van der Waals surface area contributed by atoms with E-state index in [9.17, 15) is 22.0 Å². The van der Waals surface area contributed by atoms with Gasteiger partial charge in [0, 0.05) is 6.07 Å². The van der Waals surface area contributed by atoms with Crippen LogP contribution in [0.5, 0.6) is 0 Å². The van der Waals surface area contributed by atoms with Gasteiger partial charge >= 0.3 is 6.18 Å². The molecule has 76 valence electrons. The third kappa shape index (κ3) is 2.31. The molecule has 0 spiro atoms. The third-order valence-electron chi connectivity index (χ3n) is 1.55. The summed E-state index contributed by atoms with van der Waals surface area (Å²) in [4.78, 5) is 0. The van der Waals surface area contributed by atoms with E-state index in [-0.39, 0.29) is 0 Å². The van der Waals surface area contributed by atoms with Crippen molar-refractivity contribution in [1.29, 1.82) is 0 Å². The van der Waals surface area contributed by atoms with Gasteiger partial charge in [0.1, 0.15) is 11.6 Å². The van der Waals surface area contributed by atoms with Gasteiger partial charge in [-0.3, -0.25) is 0 Å². The van der Waals surface area contributed by atoms with E-state index in [4.69, 9.17) is 0 Å². The van der Waals surface area contributed by atoms with E-state index in [2.05, 4.69) is 6.58 Å². The SMILES string of the molecule is C=C(c1cc(F)cc(F)c1)C(F)(F)F. The lowest BCUT2D eigenvalue weighted by Gasteiger charge is -2.09. The summed E-state index contributed by atoms with van der Waals surface area (Å²) in [5.74, 6) is -2.13. The van der Waals surface area contributed by atoms with E-state index in [1.165, 1.54) is 0 Å². The molecule has 0 bridgehead atoms. The van der Waals surface area contributed by atoms with Crippen LogP contribution in [-0.4, -0.2) is 6.18 Å². The summed E-state index contributed by atoms with van der Waals surface area (Å²) in [7, 11) is 0. The summed E-state index contributed by atoms with van der Waals surface area (Å²) in [5, 5.41) is 0. The van der Waals surface area contributed by atoms with Crippen LogP contribution in [0.25, 0.3) is 5.57 Å². The number of alkyl halides is 3. The fraction of sp³-hybridized carbons (Fsp3) is 0.111. The molecule has 0 aliphatic heterocycles. The molecule has 5 heteroatoms. The minimum absolute atomic E-state index is 0.493. The normalized spacial score (nSPS) is 11.5. The van der Waals surface area contributed by atoms with Crippen molar-refractivity contribution in [3.8, 4) is 0 Å². The van der Waals surface area contributed by atoms with Crippen molar-refractivity contribution < 1.29 is 22.0 Å². The topological polar surface area (TPSA) is 0 Å². The van der Waals surface area contributed by atoms with Gasteiger partial charge in [0.15, 0.2) is 0 Å². The van der Waals surface area contributed by atoms with Crippen molar-refractivity contribution in [2.24, 2.45) is 0 Å². The minimum atomic E-state index is -4.68. The highest BCUT2D eigenvalue weighted by Gasteiger charge is 2.33. The van der Waals surface area contributed by atoms with Crippen LogP contribution in [0.1, 0.15) is 5.56 Å². The van der Waals surface area contributed by atoms with Crippen LogP contribution >= 0.6 is 0 Å². The predicted molar refractivity (Wildman–Crippen MR) is 41.4 cm³/mol. The van der Waals surface area contributed by atoms with Gasteiger partial charge in [0.25, 0.3) is 0 Å². The lowest BCUT2D eigenvalue weighted by Crippen LogP contribution is -2.09. The summed E-state index contributed by atoms with van der Waals surface area (Å²) >= 11 is 0. The Morgan fingerprint density at radius 2 is 1.43 bits per heavy atom. The maximum absolute atomic E-state index is 12.5. The van der Waals surface area contributed by atoms with Gasteiger partial charge < -0.3 is 0 Å². The van der Waals surface area contributed by atoms with Gasteiger partial charge in [-0.15, -0.1) is 0 Å². The van der Waals surface area contributed by atoms with Crippen LogP contribution in [0.3, 0.4) is 0 Å². The molecule has 0 nitrogen and oxygen atoms in total. The molecule has 0 radical (unpaired) electrons. The average Bonchev–Trinajstić information content (AvgIpc) is 1.99. The highest BCUT2D eigenvalue weighted by atomic mass is 19.4. The molecule has 0 atom stereocenters. The number of allylic oxidation sites excluding steroid dienone is 1. The second-order valence-corrected chi connectivity index (χ2v) is 2.63. The quantitative estimate of drug-likeness (QED) is 0.619. The summed E-state index contributed by atoms with van der Waals surface area (Å²) < 4.78 is 61.2. The van der Waals surface area contributed by atoms with Gasteiger partial charge in [-0.05, 0) is 17.7 Å². The van der Waals surface area contributed by atoms with Gasteiger partial charge in [-0.1, -0.05) is 6.58 Å². The maximum atomic E-state index is 12.5. The van der Waals surface area contributed by atoms with E-state index < -0.39 is 28.9 Å². The Kier molecular flexibility index (Phi) is 2.59. The molecule has 0 N–H and O–H groups in total. The number of hydrogen-bond donors (Lipinski definition) is 0. The molecular weight excluding hydrogens is 203 g/mol. The molecule has 1 rings (SSSR count). The monoisotopic (exact) mass is 208 g/mol. The van der Waals surface area contributed by atoms with Crippen LogP contribution in [0.15, 0.2) is 24.8 Å². The lowest BCUT2D eigenvalue weighted by atomic mass is 10.1. The van der Waals surface area contributed by atoms with E-state index in [1.54, 1.807) is 0 Å². The highest BCUT2D eigenvalue weighted by molar-refractivity contribution is 5.67. The zero-order valence-electron chi connectivity index (χ0n) is 6.83. The Morgan fingerprint density at radius 1 is 1.00 bits per heavy atom. The zero-order chi connectivity index (χ0) is 10.9. The minimum Gasteiger partial charge on any atom is -0.207 e. The first kappa shape index (κ1) is 10.7. The van der Waals surface area contributed by atoms with Gasteiger partial charge in [0.2, 0.25) is 0 Å². The van der Waals surface area contributed by atoms with Crippen LogP contribution in [0.2, 0.25) is 0 Å². The molecule has 0 amide bonds. The van der Waals surface area contributed by atoms with Crippen LogP contribution in [0, 0.1) is 11.6 Å². The van der Waals surface area contributed by atoms with Gasteiger partial charge in [0.05, 0.1) is 5.57 Å². The third-order valence-corrected chi connectivity index (χ3v) is 1.55. The Morgan fingerprint density at radius 3 is 1.79 bits per heavy atom. The molecule has 1 aromatic rings. The van der Waals surface area contributed by atoms with Crippen molar-refractivity contribution in [2.75, 3.05) is 0 Å². The number of benzene rings is 1. The van der Waals surface area contributed by atoms with Crippen LogP contribution < -0.4 is 0 Å². The van der Waals surface area contributed by atoms with Crippen LogP contribution in [0.4, 0.5) is 22.0 Å². The number of halogens is 5. The molecule has 0 aliphatic rings. The smallest absolute Gasteiger partial charge is 0.207 e.